The van der Waals surface area contributed by atoms with Crippen LogP contribution in [0.1, 0.15) is 65.7 Å². The zero-order valence-electron chi connectivity index (χ0n) is 21.6. The van der Waals surface area contributed by atoms with Gasteiger partial charge in [-0.2, -0.15) is 0 Å². The first-order chi connectivity index (χ1) is 15.8. The van der Waals surface area contributed by atoms with Crippen LogP contribution in [0.2, 0.25) is 0 Å². The molecule has 0 aromatic heterocycles. The maximum absolute atomic E-state index is 12.4. The van der Waals surface area contributed by atoms with E-state index >= 15 is 0 Å². The number of amides is 1. The fourth-order valence-electron chi connectivity index (χ4n) is 6.66. The van der Waals surface area contributed by atoms with Gasteiger partial charge in [-0.15, -0.1) is 0 Å². The normalized spacial score (nSPS) is 33.4. The Bertz CT molecular complexity index is 632. The maximum Gasteiger partial charge on any atom is 0.410 e. The summed E-state index contributed by atoms with van der Waals surface area (Å²) in [5.74, 6) is 1.51. The van der Waals surface area contributed by atoms with E-state index in [0.717, 1.165) is 51.5 Å². The van der Waals surface area contributed by atoms with Crippen molar-refractivity contribution in [2.75, 3.05) is 59.5 Å². The molecule has 4 rings (SSSR count). The monoisotopic (exact) mass is 464 g/mol. The molecule has 1 aliphatic carbocycles. The summed E-state index contributed by atoms with van der Waals surface area (Å²) in [6, 6.07) is 1.12. The Labute approximate surface area is 201 Å². The van der Waals surface area contributed by atoms with E-state index in [0.29, 0.717) is 24.1 Å². The molecule has 4 aliphatic rings. The number of piperidine rings is 2. The van der Waals surface area contributed by atoms with Crippen LogP contribution < -0.4 is 5.32 Å². The standard InChI is InChI=1S/C26H48N4O3/c1-26(2,3)33-25(31)30-15-10-20(11-16-30)19-28-13-6-14-29(18-17-28)24-22(32-4)9-8-21-7-5-12-27-23(21)24/h20-24,27H,5-19H2,1-4H3. The predicted octanol–water partition coefficient (Wildman–Crippen LogP) is 3.19. The first-order valence-electron chi connectivity index (χ1n) is 13.5. The molecule has 4 atom stereocenters. The highest BCUT2D eigenvalue weighted by Crippen LogP contribution is 2.35. The minimum absolute atomic E-state index is 0.152. The van der Waals surface area contributed by atoms with E-state index in [-0.39, 0.29) is 6.09 Å². The molecule has 4 fully saturated rings. The third kappa shape index (κ3) is 6.62. The van der Waals surface area contributed by atoms with Gasteiger partial charge < -0.3 is 24.6 Å². The van der Waals surface area contributed by atoms with Crippen LogP contribution in [0.3, 0.4) is 0 Å². The van der Waals surface area contributed by atoms with E-state index < -0.39 is 5.60 Å². The first-order valence-corrected chi connectivity index (χ1v) is 13.5. The zero-order chi connectivity index (χ0) is 23.4. The Kier molecular flexibility index (Phi) is 8.58. The first kappa shape index (κ1) is 25.2. The number of ether oxygens (including phenoxy) is 2. The third-order valence-electron chi connectivity index (χ3n) is 8.34. The summed E-state index contributed by atoms with van der Waals surface area (Å²) in [5.41, 5.74) is -0.417. The minimum atomic E-state index is -0.417. The van der Waals surface area contributed by atoms with E-state index in [2.05, 4.69) is 15.1 Å². The van der Waals surface area contributed by atoms with Gasteiger partial charge in [0.25, 0.3) is 0 Å². The molecule has 7 nitrogen and oxygen atoms in total. The molecule has 1 amide bonds. The molecule has 1 N–H and O–H groups in total. The van der Waals surface area contributed by atoms with Gasteiger partial charge in [0.2, 0.25) is 0 Å². The van der Waals surface area contributed by atoms with E-state index in [9.17, 15) is 4.79 Å². The number of nitrogens with one attached hydrogen (secondary N) is 1. The summed E-state index contributed by atoms with van der Waals surface area (Å²) in [6.45, 7) is 14.5. The number of carbonyl (C=O) groups is 1. The third-order valence-corrected chi connectivity index (χ3v) is 8.34. The number of fused-ring (bicyclic) bond motifs is 1. The molecule has 3 aliphatic heterocycles. The van der Waals surface area contributed by atoms with E-state index in [4.69, 9.17) is 9.47 Å². The van der Waals surface area contributed by atoms with Crippen LogP contribution >= 0.6 is 0 Å². The number of likely N-dealkylation sites (tertiary alicyclic amines) is 1. The molecule has 7 heteroatoms. The van der Waals surface area contributed by atoms with Crippen LogP contribution in [-0.2, 0) is 9.47 Å². The number of nitrogens with zero attached hydrogens (tertiary/aromatic N) is 3. The molecule has 0 aromatic rings. The zero-order valence-corrected chi connectivity index (χ0v) is 21.6. The molecular weight excluding hydrogens is 416 g/mol. The highest BCUT2D eigenvalue weighted by Gasteiger charge is 2.43. The van der Waals surface area contributed by atoms with Crippen LogP contribution in [0.15, 0.2) is 0 Å². The van der Waals surface area contributed by atoms with Gasteiger partial charge in [-0.1, -0.05) is 0 Å². The lowest BCUT2D eigenvalue weighted by Crippen LogP contribution is -2.63. The van der Waals surface area contributed by atoms with Crippen molar-refractivity contribution in [3.63, 3.8) is 0 Å². The van der Waals surface area contributed by atoms with Crippen LogP contribution in [0.5, 0.6) is 0 Å². The lowest BCUT2D eigenvalue weighted by atomic mass is 9.74. The lowest BCUT2D eigenvalue weighted by Gasteiger charge is -2.49. The smallest absolute Gasteiger partial charge is 0.410 e. The van der Waals surface area contributed by atoms with Crippen LogP contribution in [0, 0.1) is 11.8 Å². The highest BCUT2D eigenvalue weighted by molar-refractivity contribution is 5.68. The number of rotatable bonds is 4. The number of methoxy groups -OCH3 is 1. The van der Waals surface area contributed by atoms with Crippen molar-refractivity contribution < 1.29 is 14.3 Å². The summed E-state index contributed by atoms with van der Waals surface area (Å²) >= 11 is 0. The maximum atomic E-state index is 12.4. The Hall–Kier alpha value is -0.890. The van der Waals surface area contributed by atoms with Crippen LogP contribution in [0.25, 0.3) is 0 Å². The van der Waals surface area contributed by atoms with Crippen molar-refractivity contribution in [2.45, 2.75) is 89.5 Å². The average Bonchev–Trinajstić information content (AvgIpc) is 3.03. The molecular formula is C26H48N4O3. The Morgan fingerprint density at radius 3 is 2.45 bits per heavy atom. The molecule has 3 heterocycles. The second-order valence-corrected chi connectivity index (χ2v) is 11.8. The van der Waals surface area contributed by atoms with Crippen molar-refractivity contribution in [2.24, 2.45) is 11.8 Å². The summed E-state index contributed by atoms with van der Waals surface area (Å²) in [7, 11) is 1.91. The SMILES string of the molecule is COC1CCC2CCCNC2C1N1CCCN(CC2CCN(C(=O)OC(C)(C)C)CC2)CC1. The molecule has 1 saturated carbocycles. The van der Waals surface area contributed by atoms with Crippen LogP contribution in [0.4, 0.5) is 4.79 Å². The van der Waals surface area contributed by atoms with Crippen molar-refractivity contribution >= 4 is 6.09 Å². The molecule has 33 heavy (non-hydrogen) atoms. The second kappa shape index (κ2) is 11.2. The molecule has 190 valence electrons. The summed E-state index contributed by atoms with van der Waals surface area (Å²) in [6.07, 6.45) is 8.85. The van der Waals surface area contributed by atoms with Gasteiger partial charge in [0, 0.05) is 45.9 Å². The summed E-state index contributed by atoms with van der Waals surface area (Å²) in [4.78, 5) is 19.7. The van der Waals surface area contributed by atoms with Crippen molar-refractivity contribution in [3.05, 3.63) is 0 Å². The van der Waals surface area contributed by atoms with Gasteiger partial charge in [0.1, 0.15) is 5.60 Å². The largest absolute Gasteiger partial charge is 0.444 e. The van der Waals surface area contributed by atoms with Crippen molar-refractivity contribution in [1.29, 1.82) is 0 Å². The molecule has 4 unspecified atom stereocenters. The Balaban J connectivity index is 1.26. The summed E-state index contributed by atoms with van der Waals surface area (Å²) < 4.78 is 11.6. The second-order valence-electron chi connectivity index (χ2n) is 11.8. The molecule has 0 bridgehead atoms. The van der Waals surface area contributed by atoms with E-state index in [1.165, 1.54) is 51.7 Å². The topological polar surface area (TPSA) is 57.3 Å². The number of hydrogen-bond donors (Lipinski definition) is 1. The Morgan fingerprint density at radius 2 is 1.73 bits per heavy atom. The van der Waals surface area contributed by atoms with E-state index in [1.54, 1.807) is 0 Å². The van der Waals surface area contributed by atoms with Gasteiger partial charge in [-0.05, 0) is 97.2 Å². The number of carbonyl (C=O) groups excluding carboxylic acids is 1. The van der Waals surface area contributed by atoms with Gasteiger partial charge in [0.15, 0.2) is 0 Å². The fourth-order valence-corrected chi connectivity index (χ4v) is 6.66. The van der Waals surface area contributed by atoms with Gasteiger partial charge in [0.05, 0.1) is 12.1 Å². The van der Waals surface area contributed by atoms with Gasteiger partial charge >= 0.3 is 6.09 Å². The molecule has 0 radical (unpaired) electrons. The average molecular weight is 465 g/mol. The van der Waals surface area contributed by atoms with Gasteiger partial charge in [-0.25, -0.2) is 4.79 Å². The molecule has 0 aromatic carbocycles. The minimum Gasteiger partial charge on any atom is -0.444 e. The molecule has 3 saturated heterocycles. The predicted molar refractivity (Wildman–Crippen MR) is 131 cm³/mol. The molecule has 0 spiro atoms. The quantitative estimate of drug-likeness (QED) is 0.690. The number of hydrogen-bond acceptors (Lipinski definition) is 6. The highest BCUT2D eigenvalue weighted by atomic mass is 16.6. The van der Waals surface area contributed by atoms with Crippen molar-refractivity contribution in [3.8, 4) is 0 Å². The van der Waals surface area contributed by atoms with E-state index in [1.807, 2.05) is 32.8 Å². The fraction of sp³-hybridized carbons (Fsp3) is 0.962. The lowest BCUT2D eigenvalue weighted by molar-refractivity contribution is -0.0490. The van der Waals surface area contributed by atoms with Crippen LogP contribution in [-0.4, -0.2) is 104 Å². The van der Waals surface area contributed by atoms with Crippen molar-refractivity contribution in [1.82, 2.24) is 20.0 Å². The Morgan fingerprint density at radius 1 is 0.939 bits per heavy atom. The van der Waals surface area contributed by atoms with Gasteiger partial charge in [-0.3, -0.25) is 4.90 Å². The summed E-state index contributed by atoms with van der Waals surface area (Å²) in [5, 5.41) is 3.88.